The molecule has 5 heteroatoms. The summed E-state index contributed by atoms with van der Waals surface area (Å²) in [5.74, 6) is 5.99. The standard InChI is InChI=1S/C16H20N2O2S/c1-16(2,3)20-15(19)18-10-5-4-7-12-8-6-9-13(11-12)14(17)21/h6,8-9,11H,5,10H2,1-3H3,(H2,17,21)(H,18,19). The number of nitrogens with one attached hydrogen (secondary N) is 1. The molecule has 112 valence electrons. The van der Waals surface area contributed by atoms with Crippen LogP contribution in [0.25, 0.3) is 0 Å². The maximum atomic E-state index is 11.4. The zero-order valence-electron chi connectivity index (χ0n) is 12.5. The molecule has 0 unspecified atom stereocenters. The van der Waals surface area contributed by atoms with E-state index in [1.54, 1.807) is 0 Å². The van der Waals surface area contributed by atoms with Gasteiger partial charge in [-0.2, -0.15) is 0 Å². The van der Waals surface area contributed by atoms with Gasteiger partial charge in [-0.15, -0.1) is 0 Å². The number of ether oxygens (including phenoxy) is 1. The predicted molar refractivity (Wildman–Crippen MR) is 88.1 cm³/mol. The van der Waals surface area contributed by atoms with E-state index in [9.17, 15) is 4.79 Å². The Bertz CT molecular complexity index is 580. The summed E-state index contributed by atoms with van der Waals surface area (Å²) in [6.07, 6.45) is 0.107. The molecule has 3 N–H and O–H groups in total. The highest BCUT2D eigenvalue weighted by Crippen LogP contribution is 2.06. The van der Waals surface area contributed by atoms with Crippen molar-refractivity contribution in [3.05, 3.63) is 35.4 Å². The SMILES string of the molecule is CC(C)(C)OC(=O)NCCC#Cc1cccc(C(N)=S)c1. The molecule has 4 nitrogen and oxygen atoms in total. The first-order valence-electron chi connectivity index (χ1n) is 6.63. The lowest BCUT2D eigenvalue weighted by atomic mass is 10.1. The third kappa shape index (κ3) is 7.33. The Hall–Kier alpha value is -2.06. The van der Waals surface area contributed by atoms with Crippen molar-refractivity contribution in [1.82, 2.24) is 5.32 Å². The molecular formula is C16H20N2O2S. The van der Waals surface area contributed by atoms with Gasteiger partial charge in [-0.3, -0.25) is 0 Å². The number of carbonyl (C=O) groups excluding carboxylic acids is 1. The maximum absolute atomic E-state index is 11.4. The lowest BCUT2D eigenvalue weighted by Gasteiger charge is -2.19. The molecule has 1 rings (SSSR count). The van der Waals surface area contributed by atoms with Crippen molar-refractivity contribution in [1.29, 1.82) is 0 Å². The minimum Gasteiger partial charge on any atom is -0.444 e. The number of nitrogens with two attached hydrogens (primary N) is 1. The second kappa shape index (κ2) is 7.65. The molecule has 0 bridgehead atoms. The van der Waals surface area contributed by atoms with E-state index in [0.717, 1.165) is 11.1 Å². The van der Waals surface area contributed by atoms with Crippen molar-refractivity contribution in [2.75, 3.05) is 6.54 Å². The predicted octanol–water partition coefficient (Wildman–Crippen LogP) is 2.59. The third-order valence-electron chi connectivity index (χ3n) is 2.30. The van der Waals surface area contributed by atoms with Gasteiger partial charge in [-0.25, -0.2) is 4.79 Å². The number of amides is 1. The van der Waals surface area contributed by atoms with Crippen LogP contribution in [0.3, 0.4) is 0 Å². The fraction of sp³-hybridized carbons (Fsp3) is 0.375. The van der Waals surface area contributed by atoms with Crippen molar-refractivity contribution in [2.24, 2.45) is 5.73 Å². The molecule has 21 heavy (non-hydrogen) atoms. The fourth-order valence-electron chi connectivity index (χ4n) is 1.46. The summed E-state index contributed by atoms with van der Waals surface area (Å²) < 4.78 is 5.12. The van der Waals surface area contributed by atoms with E-state index in [4.69, 9.17) is 22.7 Å². The smallest absolute Gasteiger partial charge is 0.407 e. The highest BCUT2D eigenvalue weighted by molar-refractivity contribution is 7.80. The molecule has 0 saturated carbocycles. The molecule has 0 heterocycles. The molecule has 0 aliphatic heterocycles. The zero-order chi connectivity index (χ0) is 15.9. The van der Waals surface area contributed by atoms with Gasteiger partial charge >= 0.3 is 6.09 Å². The Labute approximate surface area is 131 Å². The minimum absolute atomic E-state index is 0.352. The average molecular weight is 304 g/mol. The topological polar surface area (TPSA) is 64.3 Å². The first kappa shape index (κ1) is 17.0. The third-order valence-corrected chi connectivity index (χ3v) is 2.53. The summed E-state index contributed by atoms with van der Waals surface area (Å²) in [4.78, 5) is 11.8. The molecule has 0 aliphatic carbocycles. The van der Waals surface area contributed by atoms with Gasteiger partial charge in [0.1, 0.15) is 10.6 Å². The molecule has 1 aromatic rings. The first-order chi connectivity index (χ1) is 9.78. The van der Waals surface area contributed by atoms with Crippen LogP contribution in [0.5, 0.6) is 0 Å². The summed E-state index contributed by atoms with van der Waals surface area (Å²) in [5.41, 5.74) is 6.72. The summed E-state index contributed by atoms with van der Waals surface area (Å²) in [5, 5.41) is 2.65. The number of hydrogen-bond donors (Lipinski definition) is 2. The highest BCUT2D eigenvalue weighted by atomic mass is 32.1. The van der Waals surface area contributed by atoms with E-state index < -0.39 is 11.7 Å². The van der Waals surface area contributed by atoms with Crippen LogP contribution < -0.4 is 11.1 Å². The quantitative estimate of drug-likeness (QED) is 0.512. The Morgan fingerprint density at radius 3 is 2.76 bits per heavy atom. The molecule has 0 radical (unpaired) electrons. The van der Waals surface area contributed by atoms with Crippen LogP contribution in [0, 0.1) is 11.8 Å². The Balaban J connectivity index is 2.42. The largest absolute Gasteiger partial charge is 0.444 e. The monoisotopic (exact) mass is 304 g/mol. The number of alkyl carbamates (subject to hydrolysis) is 1. The number of hydrogen-bond acceptors (Lipinski definition) is 3. The molecule has 0 saturated heterocycles. The number of thiocarbonyl (C=S) groups is 1. The van der Waals surface area contributed by atoms with Gasteiger partial charge in [-0.05, 0) is 32.9 Å². The average Bonchev–Trinajstić information content (AvgIpc) is 2.36. The Morgan fingerprint density at radius 1 is 1.43 bits per heavy atom. The number of carbonyl (C=O) groups is 1. The van der Waals surface area contributed by atoms with Crippen LogP contribution in [0.4, 0.5) is 4.79 Å². The Morgan fingerprint density at radius 2 is 2.14 bits per heavy atom. The number of rotatable bonds is 3. The molecule has 0 aliphatic rings. The fourth-order valence-corrected chi connectivity index (χ4v) is 1.58. The molecule has 1 amide bonds. The van der Waals surface area contributed by atoms with Gasteiger partial charge in [0.05, 0.1) is 0 Å². The second-order valence-electron chi connectivity index (χ2n) is 5.43. The van der Waals surface area contributed by atoms with Crippen LogP contribution in [-0.2, 0) is 4.74 Å². The van der Waals surface area contributed by atoms with Crippen molar-refractivity contribution in [2.45, 2.75) is 32.8 Å². The molecule has 0 aromatic heterocycles. The summed E-state index contributed by atoms with van der Waals surface area (Å²) in [7, 11) is 0. The van der Waals surface area contributed by atoms with Gasteiger partial charge in [-0.1, -0.05) is 36.2 Å². The van der Waals surface area contributed by atoms with Gasteiger partial charge in [0.25, 0.3) is 0 Å². The van der Waals surface area contributed by atoms with E-state index >= 15 is 0 Å². The lowest BCUT2D eigenvalue weighted by molar-refractivity contribution is 0.0529. The molecule has 1 aromatic carbocycles. The zero-order valence-corrected chi connectivity index (χ0v) is 13.3. The van der Waals surface area contributed by atoms with E-state index in [1.807, 2.05) is 45.0 Å². The van der Waals surface area contributed by atoms with Crippen LogP contribution in [0.1, 0.15) is 38.3 Å². The van der Waals surface area contributed by atoms with Gasteiger partial charge in [0, 0.05) is 24.1 Å². The van der Waals surface area contributed by atoms with Crippen molar-refractivity contribution >= 4 is 23.3 Å². The van der Waals surface area contributed by atoms with E-state index in [2.05, 4.69) is 17.2 Å². The van der Waals surface area contributed by atoms with Crippen LogP contribution in [-0.4, -0.2) is 23.2 Å². The van der Waals surface area contributed by atoms with E-state index in [1.165, 1.54) is 0 Å². The first-order valence-corrected chi connectivity index (χ1v) is 7.04. The maximum Gasteiger partial charge on any atom is 0.407 e. The van der Waals surface area contributed by atoms with Crippen molar-refractivity contribution in [3.8, 4) is 11.8 Å². The normalized spacial score (nSPS) is 10.2. The van der Waals surface area contributed by atoms with Crippen LogP contribution in [0.15, 0.2) is 24.3 Å². The summed E-state index contributed by atoms with van der Waals surface area (Å²) in [6, 6.07) is 7.43. The number of benzene rings is 1. The Kier molecular flexibility index (Phi) is 6.19. The molecule has 0 fully saturated rings. The van der Waals surface area contributed by atoms with Gasteiger partial charge in [0.2, 0.25) is 0 Å². The van der Waals surface area contributed by atoms with Crippen molar-refractivity contribution < 1.29 is 9.53 Å². The molecule has 0 atom stereocenters. The van der Waals surface area contributed by atoms with E-state index in [-0.39, 0.29) is 0 Å². The summed E-state index contributed by atoms with van der Waals surface area (Å²) in [6.45, 7) is 5.90. The summed E-state index contributed by atoms with van der Waals surface area (Å²) >= 11 is 4.92. The molecular weight excluding hydrogens is 284 g/mol. The van der Waals surface area contributed by atoms with Gasteiger partial charge < -0.3 is 15.8 Å². The van der Waals surface area contributed by atoms with Crippen LogP contribution in [0.2, 0.25) is 0 Å². The lowest BCUT2D eigenvalue weighted by Crippen LogP contribution is -2.32. The minimum atomic E-state index is -0.489. The molecule has 0 spiro atoms. The van der Waals surface area contributed by atoms with Gasteiger partial charge in [0.15, 0.2) is 0 Å². The van der Waals surface area contributed by atoms with Crippen LogP contribution >= 0.6 is 12.2 Å². The van der Waals surface area contributed by atoms with Crippen molar-refractivity contribution in [3.63, 3.8) is 0 Å². The second-order valence-corrected chi connectivity index (χ2v) is 5.87. The van der Waals surface area contributed by atoms with E-state index in [0.29, 0.717) is 18.0 Å². The highest BCUT2D eigenvalue weighted by Gasteiger charge is 2.15.